The van der Waals surface area contributed by atoms with Crippen LogP contribution in [0, 0.1) is 0 Å². The number of nitrogens with one attached hydrogen (secondary N) is 1. The van der Waals surface area contributed by atoms with Crippen LogP contribution in [0.15, 0.2) is 0 Å². The molecule has 0 spiro atoms. The fraction of sp³-hybridized carbons (Fsp3) is 1.00. The van der Waals surface area contributed by atoms with Crippen LogP contribution in [0.5, 0.6) is 0 Å². The Morgan fingerprint density at radius 3 is 2.09 bits per heavy atom. The van der Waals surface area contributed by atoms with Crippen LogP contribution >= 0.6 is 11.6 Å². The van der Waals surface area contributed by atoms with Crippen molar-refractivity contribution in [1.29, 1.82) is 0 Å². The summed E-state index contributed by atoms with van der Waals surface area (Å²) in [5.74, 6) is 0. The van der Waals surface area contributed by atoms with Gasteiger partial charge in [0.05, 0.1) is 5.50 Å². The molecule has 0 heterocycles. The molecule has 2 atom stereocenters. The predicted molar refractivity (Wildman–Crippen MR) is 35.9 cm³/mol. The van der Waals surface area contributed by atoms with E-state index in [0.29, 0.717) is 0 Å². The zero-order chi connectivity index (χ0) is 9.07. The van der Waals surface area contributed by atoms with Crippen molar-refractivity contribution in [3.05, 3.63) is 0 Å². The second kappa shape index (κ2) is 4.10. The predicted octanol–water partition coefficient (Wildman–Crippen LogP) is -0.0533. The minimum Gasteiger partial charge on any atom is -0.314 e. The number of hydrogen-bond donors (Lipinski definition) is 3. The third kappa shape index (κ3) is 5.25. The first-order valence-corrected chi connectivity index (χ1v) is 3.23. The third-order valence-electron chi connectivity index (χ3n) is 0.885. The molecule has 0 saturated heterocycles. The molecule has 5 N–H and O–H groups in total. The molecule has 0 saturated carbocycles. The highest BCUT2D eigenvalue weighted by atomic mass is 35.5. The van der Waals surface area contributed by atoms with Crippen molar-refractivity contribution >= 4 is 11.6 Å². The highest BCUT2D eigenvalue weighted by molar-refractivity contribution is 6.20. The fourth-order valence-electron chi connectivity index (χ4n) is 0.355. The molecule has 0 bridgehead atoms. The minimum atomic E-state index is -4.45. The van der Waals surface area contributed by atoms with Gasteiger partial charge in [0.15, 0.2) is 6.17 Å². The summed E-state index contributed by atoms with van der Waals surface area (Å²) < 4.78 is 34.9. The van der Waals surface area contributed by atoms with E-state index in [1.807, 2.05) is 5.32 Å². The number of nitrogens with two attached hydrogens (primary N) is 2. The van der Waals surface area contributed by atoms with E-state index in [1.165, 1.54) is 0 Å². The Labute approximate surface area is 66.9 Å². The van der Waals surface area contributed by atoms with Crippen molar-refractivity contribution in [2.24, 2.45) is 11.5 Å². The first-order chi connectivity index (χ1) is 4.84. The van der Waals surface area contributed by atoms with E-state index in [0.717, 1.165) is 0 Å². The summed E-state index contributed by atoms with van der Waals surface area (Å²) in [5.41, 5.74) is 8.75. The van der Waals surface area contributed by atoms with E-state index < -0.39 is 17.8 Å². The van der Waals surface area contributed by atoms with Crippen molar-refractivity contribution in [2.45, 2.75) is 17.8 Å². The van der Waals surface area contributed by atoms with Crippen LogP contribution in [-0.2, 0) is 0 Å². The van der Waals surface area contributed by atoms with Gasteiger partial charge in [-0.3, -0.25) is 5.32 Å². The summed E-state index contributed by atoms with van der Waals surface area (Å²) in [5, 5.41) is 1.92. The van der Waals surface area contributed by atoms with Gasteiger partial charge in [-0.2, -0.15) is 13.2 Å². The van der Waals surface area contributed by atoms with Gasteiger partial charge in [-0.25, -0.2) is 0 Å². The molecule has 2 unspecified atom stereocenters. The van der Waals surface area contributed by atoms with Crippen LogP contribution < -0.4 is 16.8 Å². The minimum absolute atomic E-state index is 0.178. The van der Waals surface area contributed by atoms with Crippen LogP contribution in [0.25, 0.3) is 0 Å². The van der Waals surface area contributed by atoms with Gasteiger partial charge in [0.25, 0.3) is 0 Å². The molecule has 0 aromatic carbocycles. The Morgan fingerprint density at radius 1 is 1.36 bits per heavy atom. The maximum absolute atomic E-state index is 11.6. The molecule has 7 heteroatoms. The number of rotatable bonds is 3. The molecule has 0 aromatic rings. The molecule has 0 fully saturated rings. The Hall–Kier alpha value is -0.0400. The SMILES string of the molecule is NC(Cl)CNC(N)C(F)(F)F. The molecule has 68 valence electrons. The van der Waals surface area contributed by atoms with E-state index in [-0.39, 0.29) is 6.54 Å². The highest BCUT2D eigenvalue weighted by Gasteiger charge is 2.36. The van der Waals surface area contributed by atoms with Gasteiger partial charge in [0, 0.05) is 6.54 Å². The van der Waals surface area contributed by atoms with Crippen molar-refractivity contribution in [3.63, 3.8) is 0 Å². The van der Waals surface area contributed by atoms with Crippen LogP contribution in [0.2, 0.25) is 0 Å². The lowest BCUT2D eigenvalue weighted by atomic mass is 10.5. The molecular formula is C4H9ClF3N3. The zero-order valence-corrected chi connectivity index (χ0v) is 6.28. The second-order valence-corrected chi connectivity index (χ2v) is 2.50. The average molecular weight is 192 g/mol. The Kier molecular flexibility index (Phi) is 4.09. The monoisotopic (exact) mass is 191 g/mol. The van der Waals surface area contributed by atoms with Crippen molar-refractivity contribution < 1.29 is 13.2 Å². The van der Waals surface area contributed by atoms with Crippen molar-refractivity contribution in [2.75, 3.05) is 6.54 Å². The summed E-state index contributed by atoms with van der Waals surface area (Å²) in [6.45, 7) is -0.178. The first-order valence-electron chi connectivity index (χ1n) is 2.79. The summed E-state index contributed by atoms with van der Waals surface area (Å²) in [4.78, 5) is 0. The van der Waals surface area contributed by atoms with Gasteiger partial charge in [-0.05, 0) is 0 Å². The van der Waals surface area contributed by atoms with E-state index >= 15 is 0 Å². The zero-order valence-electron chi connectivity index (χ0n) is 5.53. The largest absolute Gasteiger partial charge is 0.416 e. The van der Waals surface area contributed by atoms with Gasteiger partial charge in [0.1, 0.15) is 0 Å². The molecule has 3 nitrogen and oxygen atoms in total. The average Bonchev–Trinajstić information content (AvgIpc) is 1.80. The maximum atomic E-state index is 11.6. The fourth-order valence-corrected chi connectivity index (χ4v) is 0.444. The van der Waals surface area contributed by atoms with E-state index in [1.54, 1.807) is 0 Å². The highest BCUT2D eigenvalue weighted by Crippen LogP contribution is 2.16. The summed E-state index contributed by atoms with van der Waals surface area (Å²) >= 11 is 5.16. The van der Waals surface area contributed by atoms with Gasteiger partial charge in [-0.1, -0.05) is 0 Å². The Balaban J connectivity index is 3.61. The maximum Gasteiger partial charge on any atom is 0.416 e. The van der Waals surface area contributed by atoms with Crippen LogP contribution in [-0.4, -0.2) is 24.4 Å². The Bertz CT molecular complexity index is 116. The molecule has 0 aromatic heterocycles. The number of hydrogen-bond acceptors (Lipinski definition) is 3. The van der Waals surface area contributed by atoms with Gasteiger partial charge >= 0.3 is 6.18 Å². The van der Waals surface area contributed by atoms with Crippen LogP contribution in [0.3, 0.4) is 0 Å². The molecule has 0 rings (SSSR count). The number of halogens is 4. The molecule has 11 heavy (non-hydrogen) atoms. The quantitative estimate of drug-likeness (QED) is 0.333. The molecule has 0 amide bonds. The van der Waals surface area contributed by atoms with Crippen LogP contribution in [0.1, 0.15) is 0 Å². The van der Waals surface area contributed by atoms with Crippen molar-refractivity contribution in [3.8, 4) is 0 Å². The Morgan fingerprint density at radius 2 is 1.82 bits per heavy atom. The van der Waals surface area contributed by atoms with Gasteiger partial charge < -0.3 is 11.5 Å². The van der Waals surface area contributed by atoms with Crippen LogP contribution in [0.4, 0.5) is 13.2 Å². The molecule has 0 aliphatic rings. The lowest BCUT2D eigenvalue weighted by molar-refractivity contribution is -0.154. The standard InChI is InChI=1S/C4H9ClF3N3/c5-2(9)1-11-3(10)4(6,7)8/h2-3,11H,1,9-10H2. The summed E-state index contributed by atoms with van der Waals surface area (Å²) in [6.07, 6.45) is -6.52. The lowest BCUT2D eigenvalue weighted by Gasteiger charge is -2.17. The second-order valence-electron chi connectivity index (χ2n) is 1.94. The summed E-state index contributed by atoms with van der Waals surface area (Å²) in [6, 6.07) is 0. The first kappa shape index (κ1) is 11.0. The molecule has 0 aliphatic carbocycles. The normalized spacial score (nSPS) is 18.0. The topological polar surface area (TPSA) is 64.1 Å². The molecular weight excluding hydrogens is 183 g/mol. The summed E-state index contributed by atoms with van der Waals surface area (Å²) in [7, 11) is 0. The van der Waals surface area contributed by atoms with Gasteiger partial charge in [0.2, 0.25) is 0 Å². The third-order valence-corrected chi connectivity index (χ3v) is 1.04. The number of alkyl halides is 4. The van der Waals surface area contributed by atoms with E-state index in [9.17, 15) is 13.2 Å². The van der Waals surface area contributed by atoms with E-state index in [4.69, 9.17) is 17.3 Å². The molecule has 0 aliphatic heterocycles. The van der Waals surface area contributed by atoms with Gasteiger partial charge in [-0.15, -0.1) is 11.6 Å². The molecule has 0 radical (unpaired) electrons. The lowest BCUT2D eigenvalue weighted by Crippen LogP contribution is -2.51. The smallest absolute Gasteiger partial charge is 0.314 e. The van der Waals surface area contributed by atoms with Crippen molar-refractivity contribution in [1.82, 2.24) is 5.32 Å². The van der Waals surface area contributed by atoms with E-state index in [2.05, 4.69) is 5.73 Å².